The number of hydrogen-bond acceptors (Lipinski definition) is 2. The summed E-state index contributed by atoms with van der Waals surface area (Å²) >= 11 is 8.28. The van der Waals surface area contributed by atoms with Gasteiger partial charge in [0.25, 0.3) is 0 Å². The highest BCUT2D eigenvalue weighted by Crippen LogP contribution is 2.28. The summed E-state index contributed by atoms with van der Waals surface area (Å²) in [6.45, 7) is 5.24. The van der Waals surface area contributed by atoms with Crippen molar-refractivity contribution in [2.24, 2.45) is 4.99 Å². The lowest BCUT2D eigenvalue weighted by molar-refractivity contribution is 0.552. The number of halogens is 1. The number of fused-ring (bicyclic) bond motifs is 1. The maximum absolute atomic E-state index is 6.41. The molecule has 0 unspecified atom stereocenters. The third-order valence-corrected chi connectivity index (χ3v) is 6.74. The van der Waals surface area contributed by atoms with E-state index in [1.807, 2.05) is 42.2 Å². The zero-order valence-corrected chi connectivity index (χ0v) is 19.3. The van der Waals surface area contributed by atoms with Crippen LogP contribution in [-0.4, -0.2) is 30.6 Å². The second-order valence-corrected chi connectivity index (χ2v) is 9.10. The van der Waals surface area contributed by atoms with Gasteiger partial charge in [0.15, 0.2) is 0 Å². The van der Waals surface area contributed by atoms with Crippen LogP contribution in [-0.2, 0) is 19.3 Å². The Morgan fingerprint density at radius 3 is 2.69 bits per heavy atom. The molecule has 1 aliphatic carbocycles. The maximum atomic E-state index is 6.41. The highest BCUT2D eigenvalue weighted by molar-refractivity contribution is 8.02. The predicted molar refractivity (Wildman–Crippen MR) is 131 cm³/mol. The summed E-state index contributed by atoms with van der Waals surface area (Å²) in [5.74, 6) is 1.04. The number of thioether (sulfide) groups is 1. The van der Waals surface area contributed by atoms with Gasteiger partial charge in [-0.25, -0.2) is 4.99 Å². The molecule has 0 saturated carbocycles. The fourth-order valence-electron chi connectivity index (χ4n) is 3.46. The summed E-state index contributed by atoms with van der Waals surface area (Å²) < 4.78 is 0. The van der Waals surface area contributed by atoms with E-state index in [-0.39, 0.29) is 0 Å². The van der Waals surface area contributed by atoms with Crippen molar-refractivity contribution in [2.75, 3.05) is 19.3 Å². The molecule has 1 aliphatic rings. The smallest absolute Gasteiger partial charge is 0.0910 e. The fourth-order valence-corrected chi connectivity index (χ4v) is 4.57. The molecule has 2 aromatic carbocycles. The molecule has 0 spiro atoms. The molecule has 0 heterocycles. The van der Waals surface area contributed by atoms with E-state index in [0.717, 1.165) is 24.4 Å². The van der Waals surface area contributed by atoms with Crippen molar-refractivity contribution in [1.29, 1.82) is 0 Å². The van der Waals surface area contributed by atoms with Gasteiger partial charge in [0.05, 0.1) is 17.0 Å². The van der Waals surface area contributed by atoms with E-state index in [9.17, 15) is 0 Å². The maximum Gasteiger partial charge on any atom is 0.0910 e. The van der Waals surface area contributed by atoms with Crippen molar-refractivity contribution in [2.45, 2.75) is 46.0 Å². The van der Waals surface area contributed by atoms with E-state index in [2.05, 4.69) is 48.5 Å². The van der Waals surface area contributed by atoms with Crippen LogP contribution in [0.15, 0.2) is 46.8 Å². The van der Waals surface area contributed by atoms with E-state index < -0.39 is 0 Å². The molecule has 0 saturated heterocycles. The summed E-state index contributed by atoms with van der Waals surface area (Å²) in [5, 5.41) is 3.01. The average Bonchev–Trinajstić information content (AvgIpc) is 2.75. The normalized spacial score (nSPS) is 14.3. The first kappa shape index (κ1) is 22.0. The number of hydrogen-bond donors (Lipinski definition) is 0. The molecule has 2 aromatic rings. The Bertz CT molecular complexity index is 888. The number of nitrogens with zero attached hydrogens (tertiary/aromatic N) is 2. The third-order valence-electron chi connectivity index (χ3n) is 5.48. The molecule has 29 heavy (non-hydrogen) atoms. The molecule has 0 radical (unpaired) electrons. The Morgan fingerprint density at radius 1 is 1.14 bits per heavy atom. The van der Waals surface area contributed by atoms with Gasteiger partial charge in [0.2, 0.25) is 0 Å². The fraction of sp³-hybridized carbons (Fsp3) is 0.400. The number of benzene rings is 2. The number of rotatable bonds is 8. The Hall–Kier alpha value is -1.71. The van der Waals surface area contributed by atoms with Gasteiger partial charge < -0.3 is 4.90 Å². The van der Waals surface area contributed by atoms with Crippen LogP contribution in [0.5, 0.6) is 0 Å². The standard InChI is InChI=1S/C25H31ClN2S/c1-4-28(3)18-27-25-12-9-20(15-24(25)26)13-14-29-17-19(2)22-11-10-21-7-5-6-8-23(21)16-22/h9-12,15-18H,4-8,13-14H2,1-3H3/b19-17+,27-18?. The summed E-state index contributed by atoms with van der Waals surface area (Å²) in [6.07, 6.45) is 7.97. The van der Waals surface area contributed by atoms with Gasteiger partial charge in [-0.3, -0.25) is 0 Å². The van der Waals surface area contributed by atoms with Crippen LogP contribution in [0.4, 0.5) is 5.69 Å². The van der Waals surface area contributed by atoms with Gasteiger partial charge in [0, 0.05) is 19.3 Å². The van der Waals surface area contributed by atoms with E-state index in [1.54, 1.807) is 11.1 Å². The number of allylic oxidation sites excluding steroid dienone is 1. The second kappa shape index (κ2) is 10.9. The first-order valence-electron chi connectivity index (χ1n) is 10.5. The Morgan fingerprint density at radius 2 is 1.93 bits per heavy atom. The van der Waals surface area contributed by atoms with Gasteiger partial charge >= 0.3 is 0 Å². The molecule has 0 aromatic heterocycles. The Kier molecular flexibility index (Phi) is 8.26. The van der Waals surface area contributed by atoms with Crippen LogP contribution in [0.1, 0.15) is 48.9 Å². The third kappa shape index (κ3) is 6.38. The van der Waals surface area contributed by atoms with E-state index in [0.29, 0.717) is 5.02 Å². The van der Waals surface area contributed by atoms with Crippen molar-refractivity contribution in [1.82, 2.24) is 4.90 Å². The summed E-state index contributed by atoms with van der Waals surface area (Å²) in [4.78, 5) is 6.48. The molecule has 0 aliphatic heterocycles. The van der Waals surface area contributed by atoms with Crippen LogP contribution >= 0.6 is 23.4 Å². The quantitative estimate of drug-likeness (QED) is 0.252. The summed E-state index contributed by atoms with van der Waals surface area (Å²) in [7, 11) is 2.00. The first-order chi connectivity index (χ1) is 14.1. The highest BCUT2D eigenvalue weighted by atomic mass is 35.5. The molecule has 3 rings (SSSR count). The summed E-state index contributed by atoms with van der Waals surface area (Å²) in [5.41, 5.74) is 7.89. The molecular formula is C25H31ClN2S. The molecule has 0 N–H and O–H groups in total. The van der Waals surface area contributed by atoms with Crippen LogP contribution in [0, 0.1) is 0 Å². The lowest BCUT2D eigenvalue weighted by Crippen LogP contribution is -2.14. The highest BCUT2D eigenvalue weighted by Gasteiger charge is 2.10. The van der Waals surface area contributed by atoms with Gasteiger partial charge in [0.1, 0.15) is 0 Å². The van der Waals surface area contributed by atoms with E-state index >= 15 is 0 Å². The van der Waals surface area contributed by atoms with Crippen LogP contribution in [0.25, 0.3) is 5.57 Å². The zero-order chi connectivity index (χ0) is 20.6. The van der Waals surface area contributed by atoms with E-state index in [1.165, 1.54) is 42.4 Å². The van der Waals surface area contributed by atoms with Gasteiger partial charge in [-0.2, -0.15) is 0 Å². The minimum Gasteiger partial charge on any atom is -0.366 e. The SMILES string of the molecule is CCN(C)C=Nc1ccc(CCS/C=C(\C)c2ccc3c(c2)CCCC3)cc1Cl. The van der Waals surface area contributed by atoms with Crippen molar-refractivity contribution in [3.05, 3.63) is 69.1 Å². The van der Waals surface area contributed by atoms with Crippen molar-refractivity contribution < 1.29 is 0 Å². The molecule has 2 nitrogen and oxygen atoms in total. The van der Waals surface area contributed by atoms with Crippen molar-refractivity contribution in [3.8, 4) is 0 Å². The molecule has 0 fully saturated rings. The second-order valence-electron chi connectivity index (χ2n) is 7.72. The molecule has 4 heteroatoms. The lowest BCUT2D eigenvalue weighted by Gasteiger charge is -2.16. The monoisotopic (exact) mass is 426 g/mol. The van der Waals surface area contributed by atoms with Gasteiger partial charge in [-0.1, -0.05) is 35.9 Å². The first-order valence-corrected chi connectivity index (χ1v) is 11.9. The molecule has 154 valence electrons. The molecular weight excluding hydrogens is 396 g/mol. The van der Waals surface area contributed by atoms with Gasteiger partial charge in [-0.05, 0) is 91.3 Å². The van der Waals surface area contributed by atoms with Crippen LogP contribution < -0.4 is 0 Å². The minimum atomic E-state index is 0.717. The van der Waals surface area contributed by atoms with Crippen molar-refractivity contribution in [3.63, 3.8) is 0 Å². The Labute approximate surface area is 185 Å². The largest absolute Gasteiger partial charge is 0.366 e. The molecule has 0 atom stereocenters. The number of aliphatic imine (C=N–C) groups is 1. The van der Waals surface area contributed by atoms with Crippen LogP contribution in [0.3, 0.4) is 0 Å². The molecule has 0 amide bonds. The molecule has 0 bridgehead atoms. The minimum absolute atomic E-state index is 0.717. The average molecular weight is 427 g/mol. The topological polar surface area (TPSA) is 15.6 Å². The Balaban J connectivity index is 1.53. The van der Waals surface area contributed by atoms with Gasteiger partial charge in [-0.15, -0.1) is 11.8 Å². The van der Waals surface area contributed by atoms with E-state index in [4.69, 9.17) is 11.6 Å². The number of aryl methyl sites for hydroxylation is 3. The predicted octanol–water partition coefficient (Wildman–Crippen LogP) is 7.17. The van der Waals surface area contributed by atoms with Crippen molar-refractivity contribution >= 4 is 41.0 Å². The zero-order valence-electron chi connectivity index (χ0n) is 17.7. The summed E-state index contributed by atoms with van der Waals surface area (Å²) in [6, 6.07) is 13.2. The van der Waals surface area contributed by atoms with Crippen LogP contribution in [0.2, 0.25) is 5.02 Å². The lowest BCUT2D eigenvalue weighted by atomic mass is 9.89.